The Bertz CT molecular complexity index is 54.9. The molecule has 0 aliphatic rings. The molecule has 9 heavy (non-hydrogen) atoms. The van der Waals surface area contributed by atoms with Crippen molar-refractivity contribution in [1.82, 2.24) is 0 Å². The number of unbranched alkanes of at least 4 members (excludes halogenated alkanes) is 1. The van der Waals surface area contributed by atoms with Crippen LogP contribution in [0.25, 0.3) is 0 Å². The fourth-order valence-electron chi connectivity index (χ4n) is 0.744. The van der Waals surface area contributed by atoms with Crippen LogP contribution in [0.1, 0.15) is 33.1 Å². The van der Waals surface area contributed by atoms with E-state index in [4.69, 9.17) is 0 Å². The Morgan fingerprint density at radius 3 is 2.44 bits per heavy atom. The molecule has 1 unspecified atom stereocenters. The van der Waals surface area contributed by atoms with E-state index in [0.29, 0.717) is 0 Å². The highest BCUT2D eigenvalue weighted by molar-refractivity contribution is 9.36. The molecule has 0 N–H and O–H groups in total. The normalized spacial score (nSPS) is 12.0. The summed E-state index contributed by atoms with van der Waals surface area (Å²) < 4.78 is 0. The minimum Gasteiger partial charge on any atom is -0.0642 e. The average Bonchev–Trinajstić information content (AvgIpc) is 1.80. The van der Waals surface area contributed by atoms with Crippen molar-refractivity contribution in [1.29, 1.82) is 0 Å². The van der Waals surface area contributed by atoms with Crippen LogP contribution in [-0.2, 0) is 0 Å². The summed E-state index contributed by atoms with van der Waals surface area (Å²) >= 11 is 3.44. The van der Waals surface area contributed by atoms with Gasteiger partial charge in [0.05, 0.1) is 0 Å². The quantitative estimate of drug-likeness (QED) is 0.479. The van der Waals surface area contributed by atoms with Crippen LogP contribution in [0.2, 0.25) is 0 Å². The third kappa shape index (κ3) is 8.91. The highest BCUT2D eigenvalue weighted by Gasteiger charge is 1.92. The van der Waals surface area contributed by atoms with E-state index in [1.165, 1.54) is 25.4 Å². The first-order valence-electron chi connectivity index (χ1n) is 3.61. The summed E-state index contributed by atoms with van der Waals surface area (Å²) in [5.74, 6) is 0.892. The van der Waals surface area contributed by atoms with E-state index in [9.17, 15) is 0 Å². The standard InChI is InChI=1S/C7H16BrP/c1-7(2)5-3-4-6-9-8/h7,9H,3-6H2,1-2H3. The van der Waals surface area contributed by atoms with Crippen LogP contribution in [-0.4, -0.2) is 6.16 Å². The monoisotopic (exact) mass is 210 g/mol. The molecule has 1 atom stereocenters. The second kappa shape index (κ2) is 7.02. The summed E-state index contributed by atoms with van der Waals surface area (Å²) in [5.41, 5.74) is 0. The predicted molar refractivity (Wildman–Crippen MR) is 50.8 cm³/mol. The Morgan fingerprint density at radius 1 is 1.33 bits per heavy atom. The summed E-state index contributed by atoms with van der Waals surface area (Å²) in [7, 11) is 0.974. The van der Waals surface area contributed by atoms with E-state index in [1.54, 1.807) is 0 Å². The van der Waals surface area contributed by atoms with Gasteiger partial charge in [-0.05, 0) is 18.5 Å². The van der Waals surface area contributed by atoms with Crippen molar-refractivity contribution in [2.45, 2.75) is 33.1 Å². The van der Waals surface area contributed by atoms with Crippen LogP contribution in [0, 0.1) is 5.92 Å². The van der Waals surface area contributed by atoms with Crippen LogP contribution in [0.4, 0.5) is 0 Å². The van der Waals surface area contributed by atoms with Gasteiger partial charge in [0.25, 0.3) is 0 Å². The summed E-state index contributed by atoms with van der Waals surface area (Å²) in [5, 5.41) is 0. The Labute approximate surface area is 68.3 Å². The van der Waals surface area contributed by atoms with Crippen molar-refractivity contribution < 1.29 is 0 Å². The molecule has 56 valence electrons. The van der Waals surface area contributed by atoms with Crippen molar-refractivity contribution in [2.75, 3.05) is 6.16 Å². The van der Waals surface area contributed by atoms with Gasteiger partial charge >= 0.3 is 0 Å². The number of rotatable bonds is 5. The second-order valence-electron chi connectivity index (χ2n) is 2.77. The van der Waals surface area contributed by atoms with E-state index in [2.05, 4.69) is 29.3 Å². The molecule has 0 aromatic rings. The maximum absolute atomic E-state index is 3.44. The molecule has 0 spiro atoms. The van der Waals surface area contributed by atoms with Crippen LogP contribution in [0.5, 0.6) is 0 Å². The lowest BCUT2D eigenvalue weighted by atomic mass is 10.1. The third-order valence-electron chi connectivity index (χ3n) is 1.30. The van der Waals surface area contributed by atoms with Gasteiger partial charge in [0.1, 0.15) is 0 Å². The van der Waals surface area contributed by atoms with Crippen LogP contribution >= 0.6 is 22.8 Å². The first-order chi connectivity index (χ1) is 4.27. The van der Waals surface area contributed by atoms with Gasteiger partial charge in [-0.3, -0.25) is 0 Å². The van der Waals surface area contributed by atoms with Gasteiger partial charge in [-0.25, -0.2) is 0 Å². The SMILES string of the molecule is CC(C)CCCCPBr. The van der Waals surface area contributed by atoms with Crippen LogP contribution in [0.15, 0.2) is 0 Å². The molecule has 0 fully saturated rings. The Kier molecular flexibility index (Phi) is 7.73. The van der Waals surface area contributed by atoms with E-state index in [-0.39, 0.29) is 0 Å². The van der Waals surface area contributed by atoms with E-state index in [1.807, 2.05) is 0 Å². The van der Waals surface area contributed by atoms with Gasteiger partial charge in [0.2, 0.25) is 0 Å². The summed E-state index contributed by atoms with van der Waals surface area (Å²) in [6, 6.07) is 0. The topological polar surface area (TPSA) is 0 Å². The molecular weight excluding hydrogens is 195 g/mol. The number of hydrogen-bond acceptors (Lipinski definition) is 0. The van der Waals surface area contributed by atoms with Crippen molar-refractivity contribution >= 4 is 22.8 Å². The molecule has 0 aliphatic heterocycles. The lowest BCUT2D eigenvalue weighted by Gasteiger charge is -2.01. The van der Waals surface area contributed by atoms with Crippen LogP contribution in [0.3, 0.4) is 0 Å². The third-order valence-corrected chi connectivity index (χ3v) is 3.03. The maximum atomic E-state index is 3.44. The largest absolute Gasteiger partial charge is 0.0642 e. The van der Waals surface area contributed by atoms with Crippen molar-refractivity contribution in [3.05, 3.63) is 0 Å². The zero-order valence-electron chi connectivity index (χ0n) is 6.28. The zero-order chi connectivity index (χ0) is 7.11. The molecule has 0 saturated carbocycles. The number of hydrogen-bond donors (Lipinski definition) is 0. The van der Waals surface area contributed by atoms with Crippen molar-refractivity contribution in [3.63, 3.8) is 0 Å². The van der Waals surface area contributed by atoms with Gasteiger partial charge in [0.15, 0.2) is 0 Å². The van der Waals surface area contributed by atoms with E-state index in [0.717, 1.165) is 13.2 Å². The molecule has 0 amide bonds. The lowest BCUT2D eigenvalue weighted by molar-refractivity contribution is 0.551. The zero-order valence-corrected chi connectivity index (χ0v) is 8.87. The minimum absolute atomic E-state index is 0.892. The molecule has 0 aromatic carbocycles. The van der Waals surface area contributed by atoms with Crippen molar-refractivity contribution in [3.8, 4) is 0 Å². The summed E-state index contributed by atoms with van der Waals surface area (Å²) in [6.07, 6.45) is 5.59. The van der Waals surface area contributed by atoms with Gasteiger partial charge in [-0.1, -0.05) is 49.5 Å². The Morgan fingerprint density at radius 2 is 2.00 bits per heavy atom. The highest BCUT2D eigenvalue weighted by atomic mass is 79.9. The van der Waals surface area contributed by atoms with E-state index >= 15 is 0 Å². The molecule has 0 radical (unpaired) electrons. The van der Waals surface area contributed by atoms with Gasteiger partial charge in [-0.2, -0.15) is 0 Å². The second-order valence-corrected chi connectivity index (χ2v) is 5.22. The average molecular weight is 211 g/mol. The highest BCUT2D eigenvalue weighted by Crippen LogP contribution is 2.21. The molecule has 2 heteroatoms. The Hall–Kier alpha value is 0.910. The predicted octanol–water partition coefficient (Wildman–Crippen LogP) is 3.80. The molecule has 0 aromatic heterocycles. The van der Waals surface area contributed by atoms with Crippen molar-refractivity contribution in [2.24, 2.45) is 5.92 Å². The number of halogens is 1. The van der Waals surface area contributed by atoms with Crippen LogP contribution < -0.4 is 0 Å². The first-order valence-corrected chi connectivity index (χ1v) is 7.07. The molecule has 0 nitrogen and oxygen atoms in total. The maximum Gasteiger partial charge on any atom is -0.0255 e. The van der Waals surface area contributed by atoms with Gasteiger partial charge < -0.3 is 0 Å². The Balaban J connectivity index is 2.75. The summed E-state index contributed by atoms with van der Waals surface area (Å²) in [6.45, 7) is 4.58. The lowest BCUT2D eigenvalue weighted by Crippen LogP contribution is -1.86. The molecular formula is C7H16BrP. The fraction of sp³-hybridized carbons (Fsp3) is 1.00. The first kappa shape index (κ1) is 9.91. The smallest absolute Gasteiger partial charge is 0.0255 e. The van der Waals surface area contributed by atoms with Gasteiger partial charge in [-0.15, -0.1) is 0 Å². The molecule has 0 aliphatic carbocycles. The molecule has 0 rings (SSSR count). The molecule has 0 heterocycles. The molecule has 0 saturated heterocycles. The fourth-order valence-corrected chi connectivity index (χ4v) is 1.97. The van der Waals surface area contributed by atoms with Gasteiger partial charge in [0, 0.05) is 0 Å². The summed E-state index contributed by atoms with van der Waals surface area (Å²) in [4.78, 5) is 0. The minimum atomic E-state index is 0.892. The van der Waals surface area contributed by atoms with E-state index < -0.39 is 0 Å². The molecule has 0 bridgehead atoms.